The Hall–Kier alpha value is -3.28. The Bertz CT molecular complexity index is 1350. The number of nitrogens with one attached hydrogen (secondary N) is 2. The van der Waals surface area contributed by atoms with Crippen LogP contribution in [0, 0.1) is 12.8 Å². The van der Waals surface area contributed by atoms with E-state index < -0.39 is 5.60 Å². The van der Waals surface area contributed by atoms with Crippen molar-refractivity contribution in [2.75, 3.05) is 0 Å². The fourth-order valence-electron chi connectivity index (χ4n) is 6.62. The van der Waals surface area contributed by atoms with Gasteiger partial charge in [0.1, 0.15) is 5.60 Å². The van der Waals surface area contributed by atoms with Gasteiger partial charge < -0.3 is 19.9 Å². The van der Waals surface area contributed by atoms with E-state index in [2.05, 4.69) is 70.8 Å². The maximum Gasteiger partial charge on any atom is 0.407 e. The molecule has 0 spiro atoms. The molecule has 41 heavy (non-hydrogen) atoms. The molecule has 0 atom stereocenters. The van der Waals surface area contributed by atoms with Crippen molar-refractivity contribution in [3.63, 3.8) is 0 Å². The minimum Gasteiger partial charge on any atom is -0.444 e. The maximum absolute atomic E-state index is 13.3. The summed E-state index contributed by atoms with van der Waals surface area (Å²) in [5.74, 6) is 0.785. The zero-order valence-electron chi connectivity index (χ0n) is 25.3. The average molecular weight is 558 g/mol. The summed E-state index contributed by atoms with van der Waals surface area (Å²) >= 11 is 0. The Labute approximate surface area is 245 Å². The van der Waals surface area contributed by atoms with E-state index in [0.29, 0.717) is 12.3 Å². The van der Waals surface area contributed by atoms with E-state index in [9.17, 15) is 9.59 Å². The summed E-state index contributed by atoms with van der Waals surface area (Å²) in [6.07, 6.45) is 12.2. The number of carbonyl (C=O) groups is 2. The van der Waals surface area contributed by atoms with Crippen LogP contribution in [-0.2, 0) is 22.5 Å². The monoisotopic (exact) mass is 557 g/mol. The van der Waals surface area contributed by atoms with Gasteiger partial charge >= 0.3 is 6.09 Å². The zero-order chi connectivity index (χ0) is 29.0. The number of carbonyl (C=O) groups excluding carboxylic acids is 2. The summed E-state index contributed by atoms with van der Waals surface area (Å²) in [6, 6.07) is 15.6. The van der Waals surface area contributed by atoms with Crippen LogP contribution in [0.4, 0.5) is 4.79 Å². The van der Waals surface area contributed by atoms with Gasteiger partial charge in [-0.3, -0.25) is 4.79 Å². The lowest BCUT2D eigenvalue weighted by Crippen LogP contribution is -2.45. The van der Waals surface area contributed by atoms with Gasteiger partial charge in [0.25, 0.3) is 0 Å². The van der Waals surface area contributed by atoms with E-state index >= 15 is 0 Å². The largest absolute Gasteiger partial charge is 0.444 e. The SMILES string of the molecule is Cc1cccc(-c2ccc3c(c2)c(CC(=O)NC2CCC(NC(=O)OC(C)(C)C)CC2)cn3CC2CCCCC2)c1. The Morgan fingerprint density at radius 3 is 2.24 bits per heavy atom. The van der Waals surface area contributed by atoms with Crippen LogP contribution in [-0.4, -0.2) is 34.3 Å². The minimum absolute atomic E-state index is 0.0752. The molecule has 6 nitrogen and oxygen atoms in total. The number of benzene rings is 2. The molecular weight excluding hydrogens is 510 g/mol. The molecule has 2 fully saturated rings. The highest BCUT2D eigenvalue weighted by atomic mass is 16.6. The molecule has 1 aromatic heterocycles. The number of hydrogen-bond acceptors (Lipinski definition) is 3. The highest BCUT2D eigenvalue weighted by Crippen LogP contribution is 2.32. The number of rotatable bonds is 7. The van der Waals surface area contributed by atoms with Crippen molar-refractivity contribution < 1.29 is 14.3 Å². The Balaban J connectivity index is 1.27. The van der Waals surface area contributed by atoms with Crippen molar-refractivity contribution >= 4 is 22.9 Å². The van der Waals surface area contributed by atoms with Gasteiger partial charge in [0.05, 0.1) is 6.42 Å². The van der Waals surface area contributed by atoms with Crippen LogP contribution in [0.2, 0.25) is 0 Å². The van der Waals surface area contributed by atoms with Crippen LogP contribution >= 0.6 is 0 Å². The Morgan fingerprint density at radius 2 is 1.56 bits per heavy atom. The fraction of sp³-hybridized carbons (Fsp3) is 0.543. The molecule has 0 unspecified atom stereocenters. The molecule has 0 aliphatic heterocycles. The summed E-state index contributed by atoms with van der Waals surface area (Å²) in [4.78, 5) is 25.5. The smallest absolute Gasteiger partial charge is 0.407 e. The molecule has 220 valence electrons. The lowest BCUT2D eigenvalue weighted by Gasteiger charge is -2.30. The van der Waals surface area contributed by atoms with Crippen molar-refractivity contribution in [3.8, 4) is 11.1 Å². The van der Waals surface area contributed by atoms with Gasteiger partial charge in [0.15, 0.2) is 0 Å². The third-order valence-corrected chi connectivity index (χ3v) is 8.66. The topological polar surface area (TPSA) is 72.4 Å². The fourth-order valence-corrected chi connectivity index (χ4v) is 6.62. The average Bonchev–Trinajstić information content (AvgIpc) is 3.25. The first-order chi connectivity index (χ1) is 19.6. The molecule has 3 aromatic rings. The Morgan fingerprint density at radius 1 is 0.878 bits per heavy atom. The van der Waals surface area contributed by atoms with E-state index in [1.807, 2.05) is 20.8 Å². The molecule has 2 N–H and O–H groups in total. The van der Waals surface area contributed by atoms with Gasteiger partial charge in [-0.2, -0.15) is 0 Å². The van der Waals surface area contributed by atoms with Crippen LogP contribution in [0.3, 0.4) is 0 Å². The van der Waals surface area contributed by atoms with Crippen molar-refractivity contribution in [1.29, 1.82) is 0 Å². The molecule has 0 bridgehead atoms. The number of hydrogen-bond donors (Lipinski definition) is 2. The van der Waals surface area contributed by atoms with Crippen molar-refractivity contribution in [1.82, 2.24) is 15.2 Å². The van der Waals surface area contributed by atoms with Crippen molar-refractivity contribution in [3.05, 3.63) is 59.8 Å². The van der Waals surface area contributed by atoms with Crippen molar-refractivity contribution in [2.45, 2.75) is 116 Å². The summed E-state index contributed by atoms with van der Waals surface area (Å²) in [7, 11) is 0. The molecule has 1 heterocycles. The van der Waals surface area contributed by atoms with Gasteiger partial charge in [0.2, 0.25) is 5.91 Å². The lowest BCUT2D eigenvalue weighted by atomic mass is 9.89. The van der Waals surface area contributed by atoms with E-state index in [0.717, 1.165) is 37.8 Å². The predicted octanol–water partition coefficient (Wildman–Crippen LogP) is 7.69. The number of aromatic nitrogens is 1. The molecule has 0 radical (unpaired) electrons. The number of nitrogens with zero attached hydrogens (tertiary/aromatic N) is 1. The molecular formula is C35H47N3O3. The number of fused-ring (bicyclic) bond motifs is 1. The molecule has 0 saturated heterocycles. The number of alkyl carbamates (subject to hydrolysis) is 1. The minimum atomic E-state index is -0.504. The molecule has 2 aromatic carbocycles. The van der Waals surface area contributed by atoms with Gasteiger partial charge in [-0.15, -0.1) is 0 Å². The van der Waals surface area contributed by atoms with Gasteiger partial charge in [-0.1, -0.05) is 55.2 Å². The van der Waals surface area contributed by atoms with Gasteiger partial charge in [0, 0.05) is 35.7 Å². The van der Waals surface area contributed by atoms with E-state index in [-0.39, 0.29) is 24.1 Å². The zero-order valence-corrected chi connectivity index (χ0v) is 25.3. The van der Waals surface area contributed by atoms with Gasteiger partial charge in [-0.05, 0) is 101 Å². The number of aryl methyl sites for hydroxylation is 1. The van der Waals surface area contributed by atoms with E-state index in [4.69, 9.17) is 4.74 Å². The second kappa shape index (κ2) is 12.7. The molecule has 2 aliphatic carbocycles. The quantitative estimate of drug-likeness (QED) is 0.313. The highest BCUT2D eigenvalue weighted by Gasteiger charge is 2.26. The van der Waals surface area contributed by atoms with Crippen LogP contribution in [0.25, 0.3) is 22.0 Å². The predicted molar refractivity (Wildman–Crippen MR) is 166 cm³/mol. The second-order valence-corrected chi connectivity index (χ2v) is 13.4. The maximum atomic E-state index is 13.3. The first-order valence-electron chi connectivity index (χ1n) is 15.6. The van der Waals surface area contributed by atoms with Gasteiger partial charge in [-0.25, -0.2) is 4.79 Å². The summed E-state index contributed by atoms with van der Waals surface area (Å²) in [5.41, 5.74) is 5.46. The normalized spacial score (nSPS) is 20.1. The van der Waals surface area contributed by atoms with Crippen LogP contribution in [0.15, 0.2) is 48.7 Å². The third kappa shape index (κ3) is 7.93. The molecule has 2 saturated carbocycles. The molecule has 2 amide bonds. The summed E-state index contributed by atoms with van der Waals surface area (Å²) in [6.45, 7) is 8.76. The number of ether oxygens (including phenoxy) is 1. The summed E-state index contributed by atoms with van der Waals surface area (Å²) < 4.78 is 7.81. The lowest BCUT2D eigenvalue weighted by molar-refractivity contribution is -0.121. The number of amides is 2. The standard InChI is InChI=1S/C35H47N3O3/c1-24-9-8-12-26(19-24)27-13-18-32-31(20-27)28(23-38(32)22-25-10-6-5-7-11-25)21-33(39)36-29-14-16-30(17-15-29)37-34(40)41-35(2,3)4/h8-9,12-13,18-20,23,25,29-30H,5-7,10-11,14-17,21-22H2,1-4H3,(H,36,39)(H,37,40). The molecule has 2 aliphatic rings. The van der Waals surface area contributed by atoms with E-state index in [1.165, 1.54) is 59.7 Å². The first kappa shape index (κ1) is 29.2. The highest BCUT2D eigenvalue weighted by molar-refractivity contribution is 5.92. The second-order valence-electron chi connectivity index (χ2n) is 13.4. The Kier molecular flexibility index (Phi) is 9.06. The molecule has 5 rings (SSSR count). The van der Waals surface area contributed by atoms with Crippen LogP contribution in [0.5, 0.6) is 0 Å². The van der Waals surface area contributed by atoms with Crippen molar-refractivity contribution in [2.24, 2.45) is 5.92 Å². The van der Waals surface area contributed by atoms with E-state index in [1.54, 1.807) is 0 Å². The summed E-state index contributed by atoms with van der Waals surface area (Å²) in [5, 5.41) is 7.47. The van der Waals surface area contributed by atoms with Crippen LogP contribution in [0.1, 0.15) is 89.7 Å². The van der Waals surface area contributed by atoms with Crippen LogP contribution < -0.4 is 10.6 Å². The molecule has 6 heteroatoms. The third-order valence-electron chi connectivity index (χ3n) is 8.66. The first-order valence-corrected chi connectivity index (χ1v) is 15.6.